The van der Waals surface area contributed by atoms with Crippen molar-refractivity contribution >= 4 is 11.7 Å². The molecule has 0 saturated carbocycles. The maximum atomic E-state index is 12.4. The van der Waals surface area contributed by atoms with Crippen LogP contribution in [0.2, 0.25) is 0 Å². The molecule has 1 aromatic carbocycles. The number of hydrogen-bond donors (Lipinski definition) is 3. The van der Waals surface area contributed by atoms with Gasteiger partial charge in [0, 0.05) is 36.5 Å². The van der Waals surface area contributed by atoms with Gasteiger partial charge in [0.05, 0.1) is 6.61 Å². The lowest BCUT2D eigenvalue weighted by Crippen LogP contribution is -2.43. The summed E-state index contributed by atoms with van der Waals surface area (Å²) in [6, 6.07) is 9.81. The Labute approximate surface area is 166 Å². The maximum absolute atomic E-state index is 12.4. The molecular weight excluding hydrogens is 352 g/mol. The smallest absolute Gasteiger partial charge is 0.251 e. The summed E-state index contributed by atoms with van der Waals surface area (Å²) in [7, 11) is 0. The van der Waals surface area contributed by atoms with E-state index in [2.05, 4.69) is 15.2 Å². The summed E-state index contributed by atoms with van der Waals surface area (Å²) in [4.78, 5) is 18.9. The molecule has 1 aromatic heterocycles. The molecule has 6 heteroatoms. The Hall–Kier alpha value is -2.44. The first kappa shape index (κ1) is 20.3. The molecule has 0 aliphatic carbocycles. The number of nitrogens with one attached hydrogen (secondary N) is 1. The zero-order valence-electron chi connectivity index (χ0n) is 16.5. The van der Waals surface area contributed by atoms with Crippen LogP contribution in [-0.2, 0) is 0 Å². The van der Waals surface area contributed by atoms with Gasteiger partial charge in [-0.1, -0.05) is 18.6 Å². The molecule has 1 atom stereocenters. The van der Waals surface area contributed by atoms with Crippen molar-refractivity contribution in [2.24, 2.45) is 0 Å². The number of aromatic nitrogens is 1. The molecule has 4 N–H and O–H groups in total. The molecule has 0 radical (unpaired) electrons. The Morgan fingerprint density at radius 1 is 1.29 bits per heavy atom. The fourth-order valence-corrected chi connectivity index (χ4v) is 3.70. The summed E-state index contributed by atoms with van der Waals surface area (Å²) in [5.74, 6) is 0.477. The second-order valence-corrected chi connectivity index (χ2v) is 7.48. The van der Waals surface area contributed by atoms with Crippen LogP contribution in [0.25, 0.3) is 11.1 Å². The quantitative estimate of drug-likeness (QED) is 0.640. The minimum absolute atomic E-state index is 0.0597. The lowest BCUT2D eigenvalue weighted by atomic mass is 10.0. The number of rotatable bonds is 7. The van der Waals surface area contributed by atoms with E-state index in [1.54, 1.807) is 6.20 Å². The van der Waals surface area contributed by atoms with Gasteiger partial charge in [-0.25, -0.2) is 4.98 Å². The number of aryl methyl sites for hydroxylation is 1. The number of carbonyl (C=O) groups is 1. The average molecular weight is 383 g/mol. The Bertz CT molecular complexity index is 792. The molecule has 1 fully saturated rings. The van der Waals surface area contributed by atoms with Crippen LogP contribution in [-0.4, -0.2) is 53.2 Å². The third-order valence-electron chi connectivity index (χ3n) is 5.47. The SMILES string of the molecule is Cc1cc(-c2ccc(C(=O)NCCCN3CCCC[C@@H]3CO)cc2)cnc1N. The van der Waals surface area contributed by atoms with Gasteiger partial charge >= 0.3 is 0 Å². The van der Waals surface area contributed by atoms with E-state index in [0.29, 0.717) is 17.9 Å². The Kier molecular flexibility index (Phi) is 7.01. The predicted octanol–water partition coefficient (Wildman–Crippen LogP) is 2.61. The average Bonchev–Trinajstić information content (AvgIpc) is 2.73. The van der Waals surface area contributed by atoms with Crippen LogP contribution in [0.4, 0.5) is 5.82 Å². The summed E-state index contributed by atoms with van der Waals surface area (Å²) in [5, 5.41) is 12.5. The lowest BCUT2D eigenvalue weighted by molar-refractivity contribution is 0.0868. The summed E-state index contributed by atoms with van der Waals surface area (Å²) >= 11 is 0. The number of benzene rings is 1. The number of piperidine rings is 1. The van der Waals surface area contributed by atoms with Gasteiger partial charge in [-0.05, 0) is 62.1 Å². The van der Waals surface area contributed by atoms with Crippen LogP contribution in [0.3, 0.4) is 0 Å². The fourth-order valence-electron chi connectivity index (χ4n) is 3.70. The summed E-state index contributed by atoms with van der Waals surface area (Å²) in [6.45, 7) is 4.74. The highest BCUT2D eigenvalue weighted by Crippen LogP contribution is 2.22. The molecular formula is C22H30N4O2. The van der Waals surface area contributed by atoms with Crippen molar-refractivity contribution < 1.29 is 9.90 Å². The second kappa shape index (κ2) is 9.66. The van der Waals surface area contributed by atoms with E-state index in [4.69, 9.17) is 5.73 Å². The highest BCUT2D eigenvalue weighted by molar-refractivity contribution is 5.94. The molecule has 0 bridgehead atoms. The number of anilines is 1. The number of likely N-dealkylation sites (tertiary alicyclic amines) is 1. The van der Waals surface area contributed by atoms with Gasteiger partial charge < -0.3 is 16.2 Å². The topological polar surface area (TPSA) is 91.5 Å². The number of aliphatic hydroxyl groups is 1. The largest absolute Gasteiger partial charge is 0.395 e. The number of hydrogen-bond acceptors (Lipinski definition) is 5. The van der Waals surface area contributed by atoms with Crippen LogP contribution in [0.15, 0.2) is 36.5 Å². The van der Waals surface area contributed by atoms with E-state index in [1.165, 1.54) is 12.8 Å². The van der Waals surface area contributed by atoms with Crippen molar-refractivity contribution in [2.75, 3.05) is 32.0 Å². The zero-order chi connectivity index (χ0) is 19.9. The first-order valence-corrected chi connectivity index (χ1v) is 10.0. The third-order valence-corrected chi connectivity index (χ3v) is 5.47. The van der Waals surface area contributed by atoms with Crippen molar-refractivity contribution in [3.63, 3.8) is 0 Å². The number of pyridine rings is 1. The Balaban J connectivity index is 1.48. The number of aliphatic hydroxyl groups excluding tert-OH is 1. The highest BCUT2D eigenvalue weighted by atomic mass is 16.3. The van der Waals surface area contributed by atoms with Crippen LogP contribution in [0.5, 0.6) is 0 Å². The van der Waals surface area contributed by atoms with Crippen molar-refractivity contribution in [3.8, 4) is 11.1 Å². The fraction of sp³-hybridized carbons (Fsp3) is 0.455. The minimum Gasteiger partial charge on any atom is -0.395 e. The van der Waals surface area contributed by atoms with Crippen molar-refractivity contribution in [1.29, 1.82) is 0 Å². The summed E-state index contributed by atoms with van der Waals surface area (Å²) in [5.41, 5.74) is 9.35. The molecule has 150 valence electrons. The number of amides is 1. The lowest BCUT2D eigenvalue weighted by Gasteiger charge is -2.34. The molecule has 1 aliphatic heterocycles. The standard InChI is InChI=1S/C22H30N4O2/c1-16-13-19(14-25-21(16)23)17-6-8-18(9-7-17)22(28)24-10-4-12-26-11-3-2-5-20(26)15-27/h6-9,13-14,20,27H,2-5,10-12,15H2,1H3,(H2,23,25)(H,24,28)/t20-/m1/s1. The Morgan fingerprint density at radius 3 is 2.79 bits per heavy atom. The van der Waals surface area contributed by atoms with Crippen LogP contribution in [0, 0.1) is 6.92 Å². The van der Waals surface area contributed by atoms with E-state index < -0.39 is 0 Å². The minimum atomic E-state index is -0.0597. The highest BCUT2D eigenvalue weighted by Gasteiger charge is 2.20. The predicted molar refractivity (Wildman–Crippen MR) is 112 cm³/mol. The van der Waals surface area contributed by atoms with E-state index in [0.717, 1.165) is 42.6 Å². The molecule has 2 aromatic rings. The van der Waals surface area contributed by atoms with Crippen LogP contribution < -0.4 is 11.1 Å². The van der Waals surface area contributed by atoms with Gasteiger partial charge in [0.1, 0.15) is 5.82 Å². The van der Waals surface area contributed by atoms with Gasteiger partial charge in [0.2, 0.25) is 0 Å². The number of carbonyl (C=O) groups excluding carboxylic acids is 1. The summed E-state index contributed by atoms with van der Waals surface area (Å²) < 4.78 is 0. The first-order valence-electron chi connectivity index (χ1n) is 10.0. The molecule has 1 amide bonds. The van der Waals surface area contributed by atoms with Crippen molar-refractivity contribution in [2.45, 2.75) is 38.6 Å². The third kappa shape index (κ3) is 5.09. The van der Waals surface area contributed by atoms with Gasteiger partial charge in [-0.3, -0.25) is 9.69 Å². The van der Waals surface area contributed by atoms with Crippen molar-refractivity contribution in [1.82, 2.24) is 15.2 Å². The van der Waals surface area contributed by atoms with Gasteiger partial charge in [0.15, 0.2) is 0 Å². The van der Waals surface area contributed by atoms with Crippen molar-refractivity contribution in [3.05, 3.63) is 47.7 Å². The molecule has 2 heterocycles. The molecule has 1 aliphatic rings. The maximum Gasteiger partial charge on any atom is 0.251 e. The van der Waals surface area contributed by atoms with Gasteiger partial charge in [-0.15, -0.1) is 0 Å². The van der Waals surface area contributed by atoms with Gasteiger partial charge in [-0.2, -0.15) is 0 Å². The van der Waals surface area contributed by atoms with Gasteiger partial charge in [0.25, 0.3) is 5.91 Å². The normalized spacial score (nSPS) is 17.4. The summed E-state index contributed by atoms with van der Waals surface area (Å²) in [6.07, 6.45) is 6.09. The van der Waals surface area contributed by atoms with E-state index in [9.17, 15) is 9.90 Å². The number of nitrogens with two attached hydrogens (primary N) is 1. The molecule has 28 heavy (non-hydrogen) atoms. The number of nitrogen functional groups attached to an aromatic ring is 1. The van der Waals surface area contributed by atoms with Crippen LogP contribution in [0.1, 0.15) is 41.6 Å². The molecule has 0 spiro atoms. The zero-order valence-corrected chi connectivity index (χ0v) is 16.5. The van der Waals surface area contributed by atoms with E-state index >= 15 is 0 Å². The van der Waals surface area contributed by atoms with E-state index in [1.807, 2.05) is 37.3 Å². The molecule has 0 unspecified atom stereocenters. The number of nitrogens with zero attached hydrogens (tertiary/aromatic N) is 2. The monoisotopic (exact) mass is 382 g/mol. The van der Waals surface area contributed by atoms with E-state index in [-0.39, 0.29) is 18.6 Å². The first-order chi connectivity index (χ1) is 13.6. The van der Waals surface area contributed by atoms with Crippen LogP contribution >= 0.6 is 0 Å². The second-order valence-electron chi connectivity index (χ2n) is 7.48. The molecule has 1 saturated heterocycles. The molecule has 3 rings (SSSR count). The molecule has 6 nitrogen and oxygen atoms in total. The Morgan fingerprint density at radius 2 is 2.07 bits per heavy atom.